The predicted molar refractivity (Wildman–Crippen MR) is 187 cm³/mol. The molecule has 1 aliphatic carbocycles. The standard InChI is InChI=1S/C43H45FN2/c1-8-11-12-28-23-29-18-20-46-40-37(29)34(24-28)42(6,7)39-35(44)16-15-33(38(39)40)43(9-2,10-3)41(46)32-25-45-19-17-27(5)22-36(45)31-21-26(4)13-14-30(31)32/h13-25,41H,8-12H2,1-7H3/q+2. The number of hydrogen-bond donors (Lipinski definition) is 0. The molecular weight excluding hydrogens is 563 g/mol. The van der Waals surface area contributed by atoms with E-state index in [1.807, 2.05) is 0 Å². The summed E-state index contributed by atoms with van der Waals surface area (Å²) in [6.07, 6.45) is 12.2. The highest BCUT2D eigenvalue weighted by atomic mass is 19.1. The molecule has 46 heavy (non-hydrogen) atoms. The minimum Gasteiger partial charge on any atom is -0.207 e. The van der Waals surface area contributed by atoms with Gasteiger partial charge in [-0.15, -0.1) is 0 Å². The van der Waals surface area contributed by atoms with E-state index in [0.29, 0.717) is 0 Å². The first-order valence-electron chi connectivity index (χ1n) is 17.3. The van der Waals surface area contributed by atoms with E-state index in [-0.39, 0.29) is 17.3 Å². The van der Waals surface area contributed by atoms with Gasteiger partial charge in [-0.25, -0.2) is 4.39 Å². The van der Waals surface area contributed by atoms with E-state index in [1.54, 1.807) is 6.07 Å². The summed E-state index contributed by atoms with van der Waals surface area (Å²) < 4.78 is 21.3. The molecule has 3 aromatic carbocycles. The Hall–Kier alpha value is -4.11. The Balaban J connectivity index is 1.55. The second-order valence-electron chi connectivity index (χ2n) is 14.6. The monoisotopic (exact) mass is 608 g/mol. The van der Waals surface area contributed by atoms with Gasteiger partial charge in [0.05, 0.1) is 27.3 Å². The average Bonchev–Trinajstić information content (AvgIpc) is 3.05. The number of halogens is 1. The van der Waals surface area contributed by atoms with Crippen LogP contribution >= 0.6 is 0 Å². The molecule has 4 heterocycles. The SMILES string of the molecule is CCCCc1cc2c3c4[n+](ccc3c1)C(c1c[n+]3ccc(C)cc3c3cc(C)ccc13)C(CC)(CC)c1ccc(F)c(c1-4)C2(C)C. The zero-order valence-corrected chi connectivity index (χ0v) is 28.4. The van der Waals surface area contributed by atoms with Gasteiger partial charge in [0.1, 0.15) is 5.82 Å². The molecule has 6 aromatic rings. The minimum absolute atomic E-state index is 0.0324. The lowest BCUT2D eigenvalue weighted by Gasteiger charge is -2.45. The molecule has 0 amide bonds. The third-order valence-corrected chi connectivity index (χ3v) is 11.7. The quantitative estimate of drug-likeness (QED) is 0.131. The molecule has 1 unspecified atom stereocenters. The largest absolute Gasteiger partial charge is 0.221 e. The van der Waals surface area contributed by atoms with Gasteiger partial charge in [-0.1, -0.05) is 76.9 Å². The van der Waals surface area contributed by atoms with E-state index in [4.69, 9.17) is 0 Å². The molecule has 8 rings (SSSR count). The first kappa shape index (κ1) is 29.3. The van der Waals surface area contributed by atoms with Gasteiger partial charge in [-0.05, 0) is 79.3 Å². The third-order valence-electron chi connectivity index (χ3n) is 11.7. The highest BCUT2D eigenvalue weighted by Gasteiger charge is 2.56. The predicted octanol–water partition coefficient (Wildman–Crippen LogP) is 10.1. The lowest BCUT2D eigenvalue weighted by Crippen LogP contribution is -2.57. The van der Waals surface area contributed by atoms with Crippen molar-refractivity contribution in [3.8, 4) is 11.3 Å². The minimum atomic E-state index is -0.455. The van der Waals surface area contributed by atoms with Gasteiger partial charge in [0.25, 0.3) is 0 Å². The van der Waals surface area contributed by atoms with Crippen LogP contribution < -0.4 is 8.97 Å². The summed E-state index contributed by atoms with van der Waals surface area (Å²) in [7, 11) is 0. The maximum atomic E-state index is 16.4. The number of hydrogen-bond acceptors (Lipinski definition) is 0. The normalized spacial score (nSPS) is 17.3. The van der Waals surface area contributed by atoms with Crippen LogP contribution in [0.15, 0.2) is 79.3 Å². The lowest BCUT2D eigenvalue weighted by atomic mass is 9.59. The van der Waals surface area contributed by atoms with Crippen molar-refractivity contribution in [1.29, 1.82) is 0 Å². The number of unbranched alkanes of at least 4 members (excludes halogenated alkanes) is 1. The van der Waals surface area contributed by atoms with Gasteiger partial charge in [0.15, 0.2) is 24.6 Å². The summed E-state index contributed by atoms with van der Waals surface area (Å²) in [4.78, 5) is 0. The van der Waals surface area contributed by atoms with Crippen LogP contribution in [0.25, 0.3) is 38.3 Å². The van der Waals surface area contributed by atoms with E-state index in [9.17, 15) is 0 Å². The molecule has 0 spiro atoms. The van der Waals surface area contributed by atoms with Crippen LogP contribution in [0.4, 0.5) is 4.39 Å². The van der Waals surface area contributed by atoms with Crippen LogP contribution in [-0.4, -0.2) is 0 Å². The maximum Gasteiger partial charge on any atom is 0.221 e. The molecule has 2 nitrogen and oxygen atoms in total. The van der Waals surface area contributed by atoms with E-state index >= 15 is 4.39 Å². The molecule has 0 saturated heterocycles. The number of aryl methyl sites for hydroxylation is 3. The Morgan fingerprint density at radius 2 is 1.59 bits per heavy atom. The molecular formula is C43H45FN2+2. The van der Waals surface area contributed by atoms with Gasteiger partial charge in [0, 0.05) is 34.6 Å². The van der Waals surface area contributed by atoms with Gasteiger partial charge >= 0.3 is 0 Å². The van der Waals surface area contributed by atoms with Crippen molar-refractivity contribution in [3.63, 3.8) is 0 Å². The number of aromatic nitrogens is 2. The van der Waals surface area contributed by atoms with Crippen molar-refractivity contribution in [3.05, 3.63) is 124 Å². The van der Waals surface area contributed by atoms with E-state index in [1.165, 1.54) is 66.1 Å². The van der Waals surface area contributed by atoms with E-state index < -0.39 is 5.41 Å². The molecule has 232 valence electrons. The zero-order chi connectivity index (χ0) is 32.1. The van der Waals surface area contributed by atoms with Crippen LogP contribution in [0.1, 0.15) is 105 Å². The summed E-state index contributed by atoms with van der Waals surface area (Å²) >= 11 is 0. The molecule has 0 fully saturated rings. The fraction of sp³-hybridized carbons (Fsp3) is 0.349. The molecule has 0 radical (unpaired) electrons. The number of rotatable bonds is 6. The highest BCUT2D eigenvalue weighted by Crippen LogP contribution is 2.58. The van der Waals surface area contributed by atoms with Crippen LogP contribution in [0.2, 0.25) is 0 Å². The van der Waals surface area contributed by atoms with Gasteiger partial charge in [-0.3, -0.25) is 0 Å². The van der Waals surface area contributed by atoms with Crippen molar-refractivity contribution in [2.45, 2.75) is 97.4 Å². The molecule has 1 aliphatic heterocycles. The Labute approximate surface area is 272 Å². The van der Waals surface area contributed by atoms with Crippen molar-refractivity contribution < 1.29 is 13.4 Å². The Morgan fingerprint density at radius 1 is 0.804 bits per heavy atom. The number of fused-ring (bicyclic) bond motifs is 3. The number of nitrogens with zero attached hydrogens (tertiary/aromatic N) is 2. The highest BCUT2D eigenvalue weighted by molar-refractivity contribution is 6.02. The average molecular weight is 609 g/mol. The third kappa shape index (κ3) is 3.81. The number of pyridine rings is 3. The van der Waals surface area contributed by atoms with Crippen LogP contribution in [0.3, 0.4) is 0 Å². The van der Waals surface area contributed by atoms with Crippen molar-refractivity contribution in [2.24, 2.45) is 0 Å². The molecule has 3 aromatic heterocycles. The maximum absolute atomic E-state index is 16.4. The van der Waals surface area contributed by atoms with Crippen molar-refractivity contribution in [2.75, 3.05) is 0 Å². The molecule has 2 aliphatic rings. The second-order valence-corrected chi connectivity index (χ2v) is 14.6. The fourth-order valence-electron chi connectivity index (χ4n) is 9.34. The van der Waals surface area contributed by atoms with Gasteiger partial charge in [0.2, 0.25) is 11.2 Å². The van der Waals surface area contributed by atoms with Crippen LogP contribution in [-0.2, 0) is 17.3 Å². The summed E-state index contributed by atoms with van der Waals surface area (Å²) in [6.45, 7) is 15.8. The Morgan fingerprint density at radius 3 is 2.35 bits per heavy atom. The molecule has 0 bridgehead atoms. The van der Waals surface area contributed by atoms with Gasteiger partial charge < -0.3 is 0 Å². The summed E-state index contributed by atoms with van der Waals surface area (Å²) in [5, 5.41) is 5.14. The summed E-state index contributed by atoms with van der Waals surface area (Å²) in [5.74, 6) is -0.0889. The van der Waals surface area contributed by atoms with Crippen LogP contribution in [0.5, 0.6) is 0 Å². The molecule has 1 atom stereocenters. The van der Waals surface area contributed by atoms with E-state index in [2.05, 4.69) is 131 Å². The van der Waals surface area contributed by atoms with Gasteiger partial charge in [-0.2, -0.15) is 8.97 Å². The molecule has 0 N–H and O–H groups in total. The fourth-order valence-corrected chi connectivity index (χ4v) is 9.34. The lowest BCUT2D eigenvalue weighted by molar-refractivity contribution is -0.714. The Kier molecular flexibility index (Phi) is 6.49. The second kappa shape index (κ2) is 10.2. The zero-order valence-electron chi connectivity index (χ0n) is 28.4. The van der Waals surface area contributed by atoms with Crippen LogP contribution in [0, 0.1) is 19.7 Å². The smallest absolute Gasteiger partial charge is 0.207 e. The summed E-state index contributed by atoms with van der Waals surface area (Å²) in [5.41, 5.74) is 11.5. The topological polar surface area (TPSA) is 7.98 Å². The van der Waals surface area contributed by atoms with E-state index in [0.717, 1.165) is 43.2 Å². The van der Waals surface area contributed by atoms with Crippen molar-refractivity contribution in [1.82, 2.24) is 0 Å². The number of benzene rings is 3. The molecule has 0 saturated carbocycles. The Bertz CT molecular complexity index is 2240. The first-order valence-corrected chi connectivity index (χ1v) is 17.3. The summed E-state index contributed by atoms with van der Waals surface area (Å²) in [6, 6.07) is 22.5. The first-order chi connectivity index (χ1) is 22.1. The molecule has 3 heteroatoms. The van der Waals surface area contributed by atoms with Crippen molar-refractivity contribution >= 4 is 27.1 Å².